The molecule has 14 heavy (non-hydrogen) atoms. The average Bonchev–Trinajstić information content (AvgIpc) is 2.47. The van der Waals surface area contributed by atoms with E-state index in [1.165, 1.54) is 24.1 Å². The van der Waals surface area contributed by atoms with Crippen LogP contribution in [-0.4, -0.2) is 12.5 Å². The van der Waals surface area contributed by atoms with Gasteiger partial charge in [0, 0.05) is 16.8 Å². The van der Waals surface area contributed by atoms with Gasteiger partial charge in [-0.25, -0.2) is 0 Å². The van der Waals surface area contributed by atoms with Crippen LogP contribution in [0, 0.1) is 0 Å². The summed E-state index contributed by atoms with van der Waals surface area (Å²) in [6.07, 6.45) is 4.72. The molecule has 0 aromatic carbocycles. The minimum atomic E-state index is -0.324. The largest absolute Gasteiger partial charge is 0.383 e. The summed E-state index contributed by atoms with van der Waals surface area (Å²) in [5, 5.41) is 5.17. The molecule has 0 fully saturated rings. The van der Waals surface area contributed by atoms with Crippen molar-refractivity contribution in [2.45, 2.75) is 25.7 Å². The topological polar surface area (TPSA) is 55.1 Å². The maximum Gasteiger partial charge on any atom is 0.251 e. The van der Waals surface area contributed by atoms with Crippen LogP contribution in [0.4, 0.5) is 5.69 Å². The Labute approximate surface area is 87.3 Å². The third-order valence-corrected chi connectivity index (χ3v) is 3.56. The fourth-order valence-corrected chi connectivity index (χ4v) is 2.81. The lowest BCUT2D eigenvalue weighted by molar-refractivity contribution is 0.100. The fraction of sp³-hybridized carbons (Fsp3) is 0.500. The van der Waals surface area contributed by atoms with E-state index in [0.717, 1.165) is 18.7 Å². The van der Waals surface area contributed by atoms with Crippen LogP contribution in [0.5, 0.6) is 0 Å². The SMILES string of the molecule is NC(=O)c1csc2c1NCCCCC2. The second-order valence-corrected chi connectivity index (χ2v) is 4.51. The molecule has 2 heterocycles. The molecule has 2 rings (SSSR count). The summed E-state index contributed by atoms with van der Waals surface area (Å²) in [7, 11) is 0. The number of hydrogen-bond donors (Lipinski definition) is 2. The lowest BCUT2D eigenvalue weighted by Crippen LogP contribution is -2.14. The average molecular weight is 210 g/mol. The Morgan fingerprint density at radius 3 is 3.07 bits per heavy atom. The van der Waals surface area contributed by atoms with Gasteiger partial charge in [0.05, 0.1) is 11.3 Å². The highest BCUT2D eigenvalue weighted by Crippen LogP contribution is 2.30. The number of rotatable bonds is 1. The van der Waals surface area contributed by atoms with Crippen LogP contribution in [-0.2, 0) is 6.42 Å². The standard InChI is InChI=1S/C10H14N2OS/c11-10(13)7-6-14-8-4-2-1-3-5-12-9(7)8/h6,12H,1-5H2,(H2,11,13). The number of nitrogens with one attached hydrogen (secondary N) is 1. The summed E-state index contributed by atoms with van der Waals surface area (Å²) in [5.74, 6) is -0.324. The minimum absolute atomic E-state index is 0.324. The summed E-state index contributed by atoms with van der Waals surface area (Å²) in [5.41, 5.74) is 6.95. The Morgan fingerprint density at radius 1 is 1.43 bits per heavy atom. The molecular weight excluding hydrogens is 196 g/mol. The number of primary amides is 1. The fourth-order valence-electron chi connectivity index (χ4n) is 1.76. The van der Waals surface area contributed by atoms with Gasteiger partial charge in [0.2, 0.25) is 0 Å². The summed E-state index contributed by atoms with van der Waals surface area (Å²) in [6.45, 7) is 0.948. The van der Waals surface area contributed by atoms with Crippen LogP contribution in [0.15, 0.2) is 5.38 Å². The summed E-state index contributed by atoms with van der Waals surface area (Å²) >= 11 is 1.64. The number of carbonyl (C=O) groups excluding carboxylic acids is 1. The Morgan fingerprint density at radius 2 is 2.29 bits per heavy atom. The number of nitrogens with two attached hydrogens (primary N) is 1. The van der Waals surface area contributed by atoms with Crippen LogP contribution in [0.25, 0.3) is 0 Å². The molecule has 3 nitrogen and oxygen atoms in total. The van der Waals surface area contributed by atoms with Crippen molar-refractivity contribution in [2.24, 2.45) is 5.73 Å². The van der Waals surface area contributed by atoms with E-state index in [4.69, 9.17) is 5.73 Å². The molecule has 1 aliphatic heterocycles. The van der Waals surface area contributed by atoms with E-state index in [-0.39, 0.29) is 5.91 Å². The molecule has 3 N–H and O–H groups in total. The number of anilines is 1. The first-order valence-corrected chi connectivity index (χ1v) is 5.81. The number of amides is 1. The van der Waals surface area contributed by atoms with Gasteiger partial charge < -0.3 is 11.1 Å². The first-order valence-electron chi connectivity index (χ1n) is 4.93. The van der Waals surface area contributed by atoms with Crippen molar-refractivity contribution in [1.29, 1.82) is 0 Å². The Kier molecular flexibility index (Phi) is 2.72. The first-order chi connectivity index (χ1) is 6.79. The van der Waals surface area contributed by atoms with Gasteiger partial charge in [-0.3, -0.25) is 4.79 Å². The molecule has 0 aliphatic carbocycles. The van der Waals surface area contributed by atoms with E-state index >= 15 is 0 Å². The van der Waals surface area contributed by atoms with Crippen LogP contribution in [0.1, 0.15) is 34.5 Å². The number of carbonyl (C=O) groups is 1. The van der Waals surface area contributed by atoms with Gasteiger partial charge in [-0.15, -0.1) is 11.3 Å². The molecule has 0 bridgehead atoms. The number of aryl methyl sites for hydroxylation is 1. The van der Waals surface area contributed by atoms with Crippen molar-refractivity contribution < 1.29 is 4.79 Å². The van der Waals surface area contributed by atoms with E-state index in [0.29, 0.717) is 5.56 Å². The third-order valence-electron chi connectivity index (χ3n) is 2.52. The van der Waals surface area contributed by atoms with E-state index in [1.807, 2.05) is 5.38 Å². The zero-order chi connectivity index (χ0) is 9.97. The minimum Gasteiger partial charge on any atom is -0.383 e. The van der Waals surface area contributed by atoms with Crippen molar-refractivity contribution in [2.75, 3.05) is 11.9 Å². The highest BCUT2D eigenvalue weighted by Gasteiger charge is 2.16. The Hall–Kier alpha value is -1.03. The second kappa shape index (κ2) is 4.00. The molecule has 0 saturated carbocycles. The van der Waals surface area contributed by atoms with Crippen LogP contribution in [0.2, 0.25) is 0 Å². The van der Waals surface area contributed by atoms with Gasteiger partial charge in [-0.05, 0) is 19.3 Å². The van der Waals surface area contributed by atoms with Gasteiger partial charge >= 0.3 is 0 Å². The molecule has 1 aromatic rings. The van der Waals surface area contributed by atoms with Crippen molar-refractivity contribution in [3.05, 3.63) is 15.8 Å². The molecule has 0 radical (unpaired) electrons. The number of thiophene rings is 1. The first kappa shape index (κ1) is 9.52. The summed E-state index contributed by atoms with van der Waals surface area (Å²) < 4.78 is 0. The molecule has 1 aromatic heterocycles. The molecule has 0 atom stereocenters. The number of hydrogen-bond acceptors (Lipinski definition) is 3. The highest BCUT2D eigenvalue weighted by molar-refractivity contribution is 7.10. The normalized spacial score (nSPS) is 16.3. The number of fused-ring (bicyclic) bond motifs is 1. The molecule has 0 spiro atoms. The summed E-state index contributed by atoms with van der Waals surface area (Å²) in [4.78, 5) is 12.4. The van der Waals surface area contributed by atoms with Crippen LogP contribution >= 0.6 is 11.3 Å². The molecule has 0 saturated heterocycles. The van der Waals surface area contributed by atoms with Gasteiger partial charge in [0.1, 0.15) is 0 Å². The molecule has 4 heteroatoms. The van der Waals surface area contributed by atoms with Gasteiger partial charge in [0.15, 0.2) is 0 Å². The second-order valence-electron chi connectivity index (χ2n) is 3.55. The van der Waals surface area contributed by atoms with Crippen molar-refractivity contribution >= 4 is 22.9 Å². The highest BCUT2D eigenvalue weighted by atomic mass is 32.1. The molecule has 0 unspecified atom stereocenters. The Bertz CT molecular complexity index is 346. The molecule has 76 valence electrons. The van der Waals surface area contributed by atoms with Gasteiger partial charge in [-0.1, -0.05) is 6.42 Å². The zero-order valence-corrected chi connectivity index (χ0v) is 8.82. The molecular formula is C10H14N2OS. The van der Waals surface area contributed by atoms with Crippen LogP contribution in [0.3, 0.4) is 0 Å². The maximum absolute atomic E-state index is 11.1. The Balaban J connectivity index is 2.33. The van der Waals surface area contributed by atoms with Crippen molar-refractivity contribution in [3.8, 4) is 0 Å². The van der Waals surface area contributed by atoms with Crippen molar-refractivity contribution in [3.63, 3.8) is 0 Å². The van der Waals surface area contributed by atoms with Crippen LogP contribution < -0.4 is 11.1 Å². The smallest absolute Gasteiger partial charge is 0.251 e. The van der Waals surface area contributed by atoms with E-state index < -0.39 is 0 Å². The quantitative estimate of drug-likeness (QED) is 0.744. The van der Waals surface area contributed by atoms with E-state index in [2.05, 4.69) is 5.32 Å². The molecule has 1 aliphatic rings. The predicted octanol–water partition coefficient (Wildman–Crippen LogP) is 1.99. The van der Waals surface area contributed by atoms with E-state index in [1.54, 1.807) is 11.3 Å². The molecule has 1 amide bonds. The van der Waals surface area contributed by atoms with Gasteiger partial charge in [-0.2, -0.15) is 0 Å². The third kappa shape index (κ3) is 1.75. The lowest BCUT2D eigenvalue weighted by atomic mass is 10.1. The van der Waals surface area contributed by atoms with Crippen molar-refractivity contribution in [1.82, 2.24) is 0 Å². The maximum atomic E-state index is 11.1. The predicted molar refractivity (Wildman–Crippen MR) is 58.9 cm³/mol. The van der Waals surface area contributed by atoms with E-state index in [9.17, 15) is 4.79 Å². The van der Waals surface area contributed by atoms with Gasteiger partial charge in [0.25, 0.3) is 5.91 Å². The monoisotopic (exact) mass is 210 g/mol. The summed E-state index contributed by atoms with van der Waals surface area (Å²) in [6, 6.07) is 0. The lowest BCUT2D eigenvalue weighted by Gasteiger charge is -2.12. The zero-order valence-electron chi connectivity index (χ0n) is 8.01.